The van der Waals surface area contributed by atoms with Gasteiger partial charge in [-0.25, -0.2) is 0 Å². The van der Waals surface area contributed by atoms with E-state index in [0.29, 0.717) is 0 Å². The third-order valence-electron chi connectivity index (χ3n) is 1.40. The van der Waals surface area contributed by atoms with Crippen molar-refractivity contribution in [3.05, 3.63) is 0 Å². The van der Waals surface area contributed by atoms with E-state index in [2.05, 4.69) is 5.32 Å². The number of carbonyl (C=O) groups excluding carboxylic acids is 1. The lowest BCUT2D eigenvalue weighted by atomic mass is 10.2. The summed E-state index contributed by atoms with van der Waals surface area (Å²) in [5, 5.41) is 2.81. The first-order valence-corrected chi connectivity index (χ1v) is 5.16. The summed E-state index contributed by atoms with van der Waals surface area (Å²) in [6.45, 7) is 8.89. The van der Waals surface area contributed by atoms with Crippen molar-refractivity contribution in [2.24, 2.45) is 0 Å². The highest BCUT2D eigenvalue weighted by Crippen LogP contribution is 2.02. The van der Waals surface area contributed by atoms with E-state index in [1.807, 2.05) is 27.7 Å². The van der Waals surface area contributed by atoms with Crippen molar-refractivity contribution in [2.75, 3.05) is 6.54 Å². The lowest BCUT2D eigenvalue weighted by Gasteiger charge is -1.93. The van der Waals surface area contributed by atoms with E-state index in [4.69, 9.17) is 0 Å². The molecule has 0 aromatic rings. The van der Waals surface area contributed by atoms with Crippen LogP contribution in [0.4, 0.5) is 0 Å². The van der Waals surface area contributed by atoms with Crippen LogP contribution in [-0.4, -0.2) is 12.5 Å². The molecule has 2 heteroatoms. The predicted molar refractivity (Wildman–Crippen MR) is 54.2 cm³/mol. The topological polar surface area (TPSA) is 29.1 Å². The molecule has 0 bridgehead atoms. The molecule has 0 saturated carbocycles. The molecule has 0 unspecified atom stereocenters. The normalized spacial score (nSPS) is 15.5. The van der Waals surface area contributed by atoms with Gasteiger partial charge in [0.2, 0.25) is 5.91 Å². The second kappa shape index (κ2) is 13.1. The van der Waals surface area contributed by atoms with Crippen LogP contribution < -0.4 is 5.32 Å². The Bertz CT molecular complexity index is 81.8. The molecule has 0 atom stereocenters. The van der Waals surface area contributed by atoms with Gasteiger partial charge in [0, 0.05) is 13.0 Å². The van der Waals surface area contributed by atoms with Crippen molar-refractivity contribution < 1.29 is 4.79 Å². The molecular weight excluding hydrogens is 150 g/mol. The van der Waals surface area contributed by atoms with Crippen molar-refractivity contribution in [1.29, 1.82) is 0 Å². The maximum atomic E-state index is 10.6. The molecule has 1 amide bonds. The number of carbonyl (C=O) groups is 1. The SMILES string of the molecule is CC.CC.O=C1CCCCCN1. The summed E-state index contributed by atoms with van der Waals surface area (Å²) < 4.78 is 0. The molecule has 1 aliphatic heterocycles. The van der Waals surface area contributed by atoms with E-state index < -0.39 is 0 Å². The van der Waals surface area contributed by atoms with E-state index in [1.54, 1.807) is 0 Å². The highest BCUT2D eigenvalue weighted by molar-refractivity contribution is 5.75. The fourth-order valence-corrected chi connectivity index (χ4v) is 0.904. The highest BCUT2D eigenvalue weighted by atomic mass is 16.1. The van der Waals surface area contributed by atoms with Crippen LogP contribution in [0.5, 0.6) is 0 Å². The predicted octanol–water partition coefficient (Wildman–Crippen LogP) is 2.73. The minimum atomic E-state index is 0.225. The molecule has 1 rings (SSSR count). The number of amides is 1. The van der Waals surface area contributed by atoms with Crippen molar-refractivity contribution in [1.82, 2.24) is 5.32 Å². The van der Waals surface area contributed by atoms with Crippen LogP contribution in [0.1, 0.15) is 53.4 Å². The number of hydrogen-bond donors (Lipinski definition) is 1. The molecule has 74 valence electrons. The zero-order chi connectivity index (χ0) is 9.82. The third-order valence-corrected chi connectivity index (χ3v) is 1.40. The zero-order valence-corrected chi connectivity index (χ0v) is 8.94. The first kappa shape index (κ1) is 14.0. The fraction of sp³-hybridized carbons (Fsp3) is 0.900. The molecule has 1 N–H and O–H groups in total. The van der Waals surface area contributed by atoms with Crippen LogP contribution in [0.15, 0.2) is 0 Å². The Kier molecular flexibility index (Phi) is 15.3. The van der Waals surface area contributed by atoms with Gasteiger partial charge in [0.1, 0.15) is 0 Å². The summed E-state index contributed by atoms with van der Waals surface area (Å²) in [6, 6.07) is 0. The van der Waals surface area contributed by atoms with Crippen LogP contribution >= 0.6 is 0 Å². The lowest BCUT2D eigenvalue weighted by molar-refractivity contribution is -0.120. The largest absolute Gasteiger partial charge is 0.356 e. The number of hydrogen-bond acceptors (Lipinski definition) is 1. The second-order valence-electron chi connectivity index (χ2n) is 2.16. The summed E-state index contributed by atoms with van der Waals surface area (Å²) in [5.41, 5.74) is 0. The summed E-state index contributed by atoms with van der Waals surface area (Å²) >= 11 is 0. The lowest BCUT2D eigenvalue weighted by Crippen LogP contribution is -2.21. The minimum Gasteiger partial charge on any atom is -0.356 e. The zero-order valence-electron chi connectivity index (χ0n) is 8.94. The summed E-state index contributed by atoms with van der Waals surface area (Å²) in [5.74, 6) is 0.225. The van der Waals surface area contributed by atoms with Crippen LogP contribution in [0.3, 0.4) is 0 Å². The fourth-order valence-electron chi connectivity index (χ4n) is 0.904. The van der Waals surface area contributed by atoms with Gasteiger partial charge in [0.05, 0.1) is 0 Å². The standard InChI is InChI=1S/C6H11NO.2C2H6/c8-6-4-2-1-3-5-7-6;2*1-2/h1-5H2,(H,7,8);2*1-2H3. The molecule has 2 nitrogen and oxygen atoms in total. The smallest absolute Gasteiger partial charge is 0.219 e. The van der Waals surface area contributed by atoms with E-state index in [9.17, 15) is 4.79 Å². The molecule has 1 saturated heterocycles. The van der Waals surface area contributed by atoms with Gasteiger partial charge in [-0.1, -0.05) is 34.1 Å². The van der Waals surface area contributed by atoms with Gasteiger partial charge in [0.25, 0.3) is 0 Å². The van der Waals surface area contributed by atoms with Crippen molar-refractivity contribution in [2.45, 2.75) is 53.4 Å². The summed E-state index contributed by atoms with van der Waals surface area (Å²) in [6.07, 6.45) is 4.18. The van der Waals surface area contributed by atoms with E-state index in [-0.39, 0.29) is 5.91 Å². The monoisotopic (exact) mass is 173 g/mol. The Labute approximate surface area is 76.7 Å². The van der Waals surface area contributed by atoms with Gasteiger partial charge in [-0.15, -0.1) is 0 Å². The van der Waals surface area contributed by atoms with Crippen molar-refractivity contribution >= 4 is 5.91 Å². The van der Waals surface area contributed by atoms with Gasteiger partial charge in [-0.2, -0.15) is 0 Å². The second-order valence-corrected chi connectivity index (χ2v) is 2.16. The average Bonchev–Trinajstić information content (AvgIpc) is 2.40. The number of rotatable bonds is 0. The average molecular weight is 173 g/mol. The third kappa shape index (κ3) is 9.47. The van der Waals surface area contributed by atoms with Gasteiger partial charge in [0.15, 0.2) is 0 Å². The first-order chi connectivity index (χ1) is 5.89. The minimum absolute atomic E-state index is 0.225. The molecule has 1 heterocycles. The molecule has 12 heavy (non-hydrogen) atoms. The molecule has 0 aliphatic carbocycles. The first-order valence-electron chi connectivity index (χ1n) is 5.16. The Morgan fingerprint density at radius 1 is 1.00 bits per heavy atom. The summed E-state index contributed by atoms with van der Waals surface area (Å²) in [4.78, 5) is 10.6. The van der Waals surface area contributed by atoms with E-state index in [0.717, 1.165) is 25.8 Å². The summed E-state index contributed by atoms with van der Waals surface area (Å²) in [7, 11) is 0. The van der Waals surface area contributed by atoms with Gasteiger partial charge >= 0.3 is 0 Å². The molecule has 1 aliphatic rings. The van der Waals surface area contributed by atoms with Gasteiger partial charge in [-0.05, 0) is 12.8 Å². The maximum Gasteiger partial charge on any atom is 0.219 e. The Morgan fingerprint density at radius 2 is 1.58 bits per heavy atom. The molecule has 0 aromatic carbocycles. The molecule has 0 spiro atoms. The van der Waals surface area contributed by atoms with E-state index in [1.165, 1.54) is 6.42 Å². The van der Waals surface area contributed by atoms with Gasteiger partial charge < -0.3 is 5.32 Å². The molecule has 0 radical (unpaired) electrons. The quantitative estimate of drug-likeness (QED) is 0.599. The molecular formula is C10H23NO. The Hall–Kier alpha value is -0.530. The van der Waals surface area contributed by atoms with Gasteiger partial charge in [-0.3, -0.25) is 4.79 Å². The van der Waals surface area contributed by atoms with E-state index >= 15 is 0 Å². The van der Waals surface area contributed by atoms with Crippen LogP contribution in [0.25, 0.3) is 0 Å². The molecule has 1 fully saturated rings. The van der Waals surface area contributed by atoms with Crippen LogP contribution in [-0.2, 0) is 4.79 Å². The van der Waals surface area contributed by atoms with Crippen molar-refractivity contribution in [3.8, 4) is 0 Å². The van der Waals surface area contributed by atoms with Crippen LogP contribution in [0, 0.1) is 0 Å². The van der Waals surface area contributed by atoms with Crippen LogP contribution in [0.2, 0.25) is 0 Å². The van der Waals surface area contributed by atoms with Crippen molar-refractivity contribution in [3.63, 3.8) is 0 Å². The molecule has 0 aromatic heterocycles. The Balaban J connectivity index is 0. The Morgan fingerprint density at radius 3 is 2.17 bits per heavy atom. The highest BCUT2D eigenvalue weighted by Gasteiger charge is 2.03. The number of nitrogens with one attached hydrogen (secondary N) is 1. The maximum absolute atomic E-state index is 10.6.